The molecule has 0 aliphatic heterocycles. The molecule has 3 aromatic rings. The largest absolute Gasteiger partial charge is 0.331 e. The summed E-state index contributed by atoms with van der Waals surface area (Å²) < 4.78 is 7.27. The molecule has 0 bridgehead atoms. The van der Waals surface area contributed by atoms with Crippen LogP contribution in [0.2, 0.25) is 0 Å². The summed E-state index contributed by atoms with van der Waals surface area (Å²) in [7, 11) is 1.91. The summed E-state index contributed by atoms with van der Waals surface area (Å²) in [6, 6.07) is 10.4. The predicted octanol–water partition coefficient (Wildman–Crippen LogP) is 2.55. The number of imidazole rings is 1. The van der Waals surface area contributed by atoms with E-state index in [9.17, 15) is 0 Å². The van der Waals surface area contributed by atoms with Gasteiger partial charge in [-0.2, -0.15) is 4.98 Å². The Balaban J connectivity index is 1.74. The second kappa shape index (κ2) is 4.03. The lowest BCUT2D eigenvalue weighted by molar-refractivity contribution is 0.414. The summed E-state index contributed by atoms with van der Waals surface area (Å²) in [6.45, 7) is 0. The predicted molar refractivity (Wildman–Crippen MR) is 73.0 cm³/mol. The molecule has 20 heavy (non-hydrogen) atoms. The molecular formula is C15H14N4O. The Morgan fingerprint density at radius 1 is 1.20 bits per heavy atom. The number of hydrogen-bond donors (Lipinski definition) is 0. The first-order valence-corrected chi connectivity index (χ1v) is 6.67. The van der Waals surface area contributed by atoms with E-state index in [-0.39, 0.29) is 5.41 Å². The number of rotatable bonds is 3. The van der Waals surface area contributed by atoms with Gasteiger partial charge in [0.1, 0.15) is 0 Å². The Hall–Kier alpha value is -2.43. The van der Waals surface area contributed by atoms with E-state index in [4.69, 9.17) is 4.52 Å². The van der Waals surface area contributed by atoms with Crippen LogP contribution in [0.3, 0.4) is 0 Å². The highest BCUT2D eigenvalue weighted by Gasteiger charge is 2.50. The van der Waals surface area contributed by atoms with Crippen LogP contribution in [-0.2, 0) is 12.5 Å². The van der Waals surface area contributed by atoms with Gasteiger partial charge in [-0.05, 0) is 18.4 Å². The smallest absolute Gasteiger partial charge is 0.293 e. The minimum atomic E-state index is -0.0613. The second-order valence-electron chi connectivity index (χ2n) is 5.23. The van der Waals surface area contributed by atoms with E-state index in [1.165, 1.54) is 5.56 Å². The number of aryl methyl sites for hydroxylation is 1. The normalized spacial score (nSPS) is 16.2. The van der Waals surface area contributed by atoms with Crippen LogP contribution in [0.15, 0.2) is 47.2 Å². The molecule has 1 fully saturated rings. The number of nitrogens with zero attached hydrogens (tertiary/aromatic N) is 4. The number of aromatic nitrogens is 4. The molecule has 0 N–H and O–H groups in total. The fourth-order valence-electron chi connectivity index (χ4n) is 2.60. The summed E-state index contributed by atoms with van der Waals surface area (Å²) in [5.41, 5.74) is 1.20. The van der Waals surface area contributed by atoms with Crippen molar-refractivity contribution < 1.29 is 4.52 Å². The lowest BCUT2D eigenvalue weighted by Gasteiger charge is -2.09. The zero-order chi connectivity index (χ0) is 13.6. The van der Waals surface area contributed by atoms with Gasteiger partial charge in [-0.25, -0.2) is 4.98 Å². The van der Waals surface area contributed by atoms with E-state index in [0.717, 1.165) is 18.7 Å². The molecule has 1 saturated carbocycles. The maximum Gasteiger partial charge on any atom is 0.293 e. The monoisotopic (exact) mass is 266 g/mol. The van der Waals surface area contributed by atoms with Crippen molar-refractivity contribution in [1.82, 2.24) is 19.7 Å². The molecule has 100 valence electrons. The third kappa shape index (κ3) is 1.59. The first-order chi connectivity index (χ1) is 9.79. The fraction of sp³-hybridized carbons (Fsp3) is 0.267. The molecule has 0 radical (unpaired) electrons. The van der Waals surface area contributed by atoms with Crippen LogP contribution >= 0.6 is 0 Å². The van der Waals surface area contributed by atoms with Gasteiger partial charge in [-0.1, -0.05) is 35.5 Å². The van der Waals surface area contributed by atoms with Crippen LogP contribution in [0, 0.1) is 0 Å². The summed E-state index contributed by atoms with van der Waals surface area (Å²) in [5.74, 6) is 1.95. The van der Waals surface area contributed by atoms with Gasteiger partial charge < -0.3 is 9.09 Å². The quantitative estimate of drug-likeness (QED) is 0.731. The van der Waals surface area contributed by atoms with E-state index < -0.39 is 0 Å². The highest BCUT2D eigenvalue weighted by atomic mass is 16.5. The molecule has 5 heteroatoms. The van der Waals surface area contributed by atoms with Crippen molar-refractivity contribution in [3.05, 3.63) is 54.1 Å². The molecule has 4 rings (SSSR count). The van der Waals surface area contributed by atoms with Gasteiger partial charge in [0, 0.05) is 19.4 Å². The Kier molecular flexibility index (Phi) is 2.30. The molecule has 2 aromatic heterocycles. The van der Waals surface area contributed by atoms with E-state index >= 15 is 0 Å². The van der Waals surface area contributed by atoms with Crippen molar-refractivity contribution in [2.24, 2.45) is 7.05 Å². The van der Waals surface area contributed by atoms with Crippen LogP contribution < -0.4 is 0 Å². The van der Waals surface area contributed by atoms with Gasteiger partial charge >= 0.3 is 0 Å². The summed E-state index contributed by atoms with van der Waals surface area (Å²) in [5, 5.41) is 4.18. The summed E-state index contributed by atoms with van der Waals surface area (Å²) in [4.78, 5) is 8.80. The Morgan fingerprint density at radius 2 is 2.00 bits per heavy atom. The van der Waals surface area contributed by atoms with E-state index in [1.54, 1.807) is 6.20 Å². The van der Waals surface area contributed by atoms with Gasteiger partial charge in [-0.3, -0.25) is 0 Å². The number of hydrogen-bond acceptors (Lipinski definition) is 4. The zero-order valence-electron chi connectivity index (χ0n) is 11.2. The Labute approximate surface area is 116 Å². The standard InChI is InChI=1S/C15H14N4O/c1-19-10-9-16-12(19)13-17-14(18-20-13)15(7-8-15)11-5-3-2-4-6-11/h2-6,9-10H,7-8H2,1H3. The topological polar surface area (TPSA) is 56.7 Å². The van der Waals surface area contributed by atoms with Crippen molar-refractivity contribution >= 4 is 0 Å². The average Bonchev–Trinajstić information content (AvgIpc) is 2.94. The van der Waals surface area contributed by atoms with Gasteiger partial charge in [0.15, 0.2) is 11.6 Å². The first kappa shape index (κ1) is 11.4. The maximum absolute atomic E-state index is 5.39. The molecule has 0 spiro atoms. The minimum absolute atomic E-state index is 0.0613. The lowest BCUT2D eigenvalue weighted by Crippen LogP contribution is -2.10. The van der Waals surface area contributed by atoms with Crippen LogP contribution in [-0.4, -0.2) is 19.7 Å². The van der Waals surface area contributed by atoms with Crippen LogP contribution in [0.1, 0.15) is 24.2 Å². The molecule has 0 amide bonds. The molecule has 1 aliphatic rings. The van der Waals surface area contributed by atoms with Crippen molar-refractivity contribution in [1.29, 1.82) is 0 Å². The van der Waals surface area contributed by atoms with Crippen LogP contribution in [0.4, 0.5) is 0 Å². The Morgan fingerprint density at radius 3 is 2.65 bits per heavy atom. The molecule has 0 saturated heterocycles. The third-order valence-corrected chi connectivity index (χ3v) is 3.94. The molecular weight excluding hydrogens is 252 g/mol. The number of benzene rings is 1. The van der Waals surface area contributed by atoms with Crippen LogP contribution in [0.25, 0.3) is 11.7 Å². The van der Waals surface area contributed by atoms with E-state index in [0.29, 0.717) is 11.7 Å². The molecule has 1 aromatic carbocycles. The second-order valence-corrected chi connectivity index (χ2v) is 5.23. The zero-order valence-corrected chi connectivity index (χ0v) is 11.2. The fourth-order valence-corrected chi connectivity index (χ4v) is 2.60. The minimum Gasteiger partial charge on any atom is -0.331 e. The molecule has 5 nitrogen and oxygen atoms in total. The molecule has 2 heterocycles. The lowest BCUT2D eigenvalue weighted by atomic mass is 9.95. The van der Waals surface area contributed by atoms with E-state index in [2.05, 4.69) is 39.4 Å². The maximum atomic E-state index is 5.39. The summed E-state index contributed by atoms with van der Waals surface area (Å²) in [6.07, 6.45) is 5.72. The highest BCUT2D eigenvalue weighted by molar-refractivity contribution is 5.44. The van der Waals surface area contributed by atoms with Gasteiger partial charge in [-0.15, -0.1) is 0 Å². The first-order valence-electron chi connectivity index (χ1n) is 6.67. The van der Waals surface area contributed by atoms with Gasteiger partial charge in [0.05, 0.1) is 5.41 Å². The van der Waals surface area contributed by atoms with Crippen molar-refractivity contribution in [3.63, 3.8) is 0 Å². The van der Waals surface area contributed by atoms with Crippen LogP contribution in [0.5, 0.6) is 0 Å². The molecule has 1 aliphatic carbocycles. The van der Waals surface area contributed by atoms with E-state index in [1.807, 2.05) is 23.9 Å². The third-order valence-electron chi connectivity index (χ3n) is 3.94. The van der Waals surface area contributed by atoms with Gasteiger partial charge in [0.2, 0.25) is 0 Å². The average molecular weight is 266 g/mol. The SMILES string of the molecule is Cn1ccnc1-c1nc(C2(c3ccccc3)CC2)no1. The Bertz CT molecular complexity index is 740. The highest BCUT2D eigenvalue weighted by Crippen LogP contribution is 2.52. The summed E-state index contributed by atoms with van der Waals surface area (Å²) >= 11 is 0. The van der Waals surface area contributed by atoms with Crippen molar-refractivity contribution in [2.45, 2.75) is 18.3 Å². The molecule has 0 atom stereocenters. The van der Waals surface area contributed by atoms with Crippen molar-refractivity contribution in [2.75, 3.05) is 0 Å². The van der Waals surface area contributed by atoms with Crippen molar-refractivity contribution in [3.8, 4) is 11.7 Å². The van der Waals surface area contributed by atoms with Gasteiger partial charge in [0.25, 0.3) is 5.89 Å². The molecule has 0 unspecified atom stereocenters.